The number of allylic oxidation sites excluding steroid dienone is 5. The molecule has 0 spiro atoms. The number of aryl methyl sites for hydroxylation is 1. The van der Waals surface area contributed by atoms with Crippen molar-refractivity contribution in [1.29, 1.82) is 0 Å². The van der Waals surface area contributed by atoms with Gasteiger partial charge in [0.1, 0.15) is 12.2 Å². The Bertz CT molecular complexity index is 1490. The maximum absolute atomic E-state index is 12.9. The number of amides is 1. The molecule has 1 N–H and O–H groups in total. The van der Waals surface area contributed by atoms with Gasteiger partial charge in [0.2, 0.25) is 5.91 Å². The zero-order valence-corrected chi connectivity index (χ0v) is 22.2. The second kappa shape index (κ2) is 11.3. The molecule has 4 rings (SSSR count). The standard InChI is InChI=1S/C26H29ClN8O2/c1-6-9-10-21(27)22(7-2)35(16-23(36)33(4)8-3)26-32-31-25(37-26)20-14-29-24-19(20)11-17(12-28-24)18-13-30-34(5)15-18/h6-7,9-15H,8,16H2,1-5H3,(H,28,29). The molecular formula is C26H29ClN8O2. The molecule has 11 heteroatoms. The first-order valence-corrected chi connectivity index (χ1v) is 12.2. The van der Waals surface area contributed by atoms with Crippen molar-refractivity contribution in [2.45, 2.75) is 20.8 Å². The zero-order chi connectivity index (χ0) is 26.5. The lowest BCUT2D eigenvalue weighted by atomic mass is 10.1. The van der Waals surface area contributed by atoms with E-state index in [1.54, 1.807) is 52.3 Å². The van der Waals surface area contributed by atoms with Gasteiger partial charge in [-0.2, -0.15) is 5.10 Å². The van der Waals surface area contributed by atoms with E-state index in [0.717, 1.165) is 16.5 Å². The number of nitrogens with one attached hydrogen (secondary N) is 1. The van der Waals surface area contributed by atoms with Gasteiger partial charge in [-0.3, -0.25) is 14.4 Å². The van der Waals surface area contributed by atoms with Crippen LogP contribution in [0.3, 0.4) is 0 Å². The number of aromatic nitrogens is 6. The third kappa shape index (κ3) is 5.49. The molecule has 4 aromatic heterocycles. The second-order valence-corrected chi connectivity index (χ2v) is 8.73. The van der Waals surface area contributed by atoms with Gasteiger partial charge in [0.25, 0.3) is 5.89 Å². The smallest absolute Gasteiger partial charge is 0.323 e. The summed E-state index contributed by atoms with van der Waals surface area (Å²) in [6.07, 6.45) is 14.5. The number of anilines is 1. The van der Waals surface area contributed by atoms with Gasteiger partial charge < -0.3 is 14.3 Å². The normalized spacial score (nSPS) is 12.6. The molecule has 0 aliphatic carbocycles. The van der Waals surface area contributed by atoms with Crippen LogP contribution in [0.15, 0.2) is 70.3 Å². The Balaban J connectivity index is 1.74. The van der Waals surface area contributed by atoms with E-state index >= 15 is 0 Å². The molecule has 37 heavy (non-hydrogen) atoms. The monoisotopic (exact) mass is 520 g/mol. The van der Waals surface area contributed by atoms with Crippen LogP contribution in [0.2, 0.25) is 0 Å². The highest BCUT2D eigenvalue weighted by Crippen LogP contribution is 2.33. The predicted octanol–water partition coefficient (Wildman–Crippen LogP) is 4.90. The van der Waals surface area contributed by atoms with Crippen molar-refractivity contribution < 1.29 is 9.21 Å². The van der Waals surface area contributed by atoms with Crippen molar-refractivity contribution in [3.63, 3.8) is 0 Å². The summed E-state index contributed by atoms with van der Waals surface area (Å²) < 4.78 is 7.86. The fraction of sp³-hybridized carbons (Fsp3) is 0.269. The molecule has 0 saturated heterocycles. The van der Waals surface area contributed by atoms with E-state index in [-0.39, 0.29) is 24.4 Å². The summed E-state index contributed by atoms with van der Waals surface area (Å²) in [7, 11) is 3.61. The van der Waals surface area contributed by atoms with E-state index in [1.165, 1.54) is 0 Å². The molecule has 192 valence electrons. The number of pyridine rings is 1. The van der Waals surface area contributed by atoms with E-state index in [0.29, 0.717) is 28.5 Å². The fourth-order valence-corrected chi connectivity index (χ4v) is 4.00. The molecule has 0 aromatic carbocycles. The quantitative estimate of drug-likeness (QED) is 0.312. The molecule has 0 radical (unpaired) electrons. The Kier molecular flexibility index (Phi) is 7.88. The molecule has 0 bridgehead atoms. The first-order valence-electron chi connectivity index (χ1n) is 11.8. The summed E-state index contributed by atoms with van der Waals surface area (Å²) in [5.41, 5.74) is 3.81. The number of hydrogen-bond acceptors (Lipinski definition) is 7. The van der Waals surface area contributed by atoms with Gasteiger partial charge in [0, 0.05) is 55.7 Å². The number of carbonyl (C=O) groups is 1. The summed E-state index contributed by atoms with van der Waals surface area (Å²) in [4.78, 5) is 23.8. The SMILES string of the molecule is CC=CC=C(Cl)C(=CC)N(CC(=O)N(C)CC)c1nnc(-c2c[nH]c3ncc(-c4cnn(C)c4)cc23)o1. The molecule has 1 amide bonds. The molecule has 0 aliphatic heterocycles. The summed E-state index contributed by atoms with van der Waals surface area (Å²) in [5.74, 6) is 0.172. The minimum absolute atomic E-state index is 0.0217. The average molecular weight is 521 g/mol. The van der Waals surface area contributed by atoms with Crippen molar-refractivity contribution in [3.05, 3.63) is 65.9 Å². The summed E-state index contributed by atoms with van der Waals surface area (Å²) in [6, 6.07) is 2.15. The first-order chi connectivity index (χ1) is 17.9. The van der Waals surface area contributed by atoms with E-state index < -0.39 is 0 Å². The third-order valence-corrected chi connectivity index (χ3v) is 6.20. The lowest BCUT2D eigenvalue weighted by Gasteiger charge is -2.25. The van der Waals surface area contributed by atoms with Crippen molar-refractivity contribution in [3.8, 4) is 22.6 Å². The Morgan fingerprint density at radius 3 is 2.73 bits per heavy atom. The highest BCUT2D eigenvalue weighted by atomic mass is 35.5. The van der Waals surface area contributed by atoms with Crippen LogP contribution in [0.1, 0.15) is 20.8 Å². The Labute approximate surface area is 219 Å². The molecule has 10 nitrogen and oxygen atoms in total. The maximum atomic E-state index is 12.9. The number of H-pyrrole nitrogens is 1. The summed E-state index contributed by atoms with van der Waals surface area (Å²) in [5, 5.41) is 14.1. The number of rotatable bonds is 9. The van der Waals surface area contributed by atoms with Crippen LogP contribution in [0.25, 0.3) is 33.6 Å². The summed E-state index contributed by atoms with van der Waals surface area (Å²) in [6.45, 7) is 6.19. The number of likely N-dealkylation sites (N-methyl/N-ethyl adjacent to an activating group) is 1. The van der Waals surface area contributed by atoms with Crippen LogP contribution in [0.4, 0.5) is 6.01 Å². The van der Waals surface area contributed by atoms with Crippen molar-refractivity contribution >= 4 is 34.6 Å². The minimum atomic E-state index is -0.116. The van der Waals surface area contributed by atoms with Gasteiger partial charge in [-0.15, -0.1) is 5.10 Å². The van der Waals surface area contributed by atoms with E-state index in [2.05, 4.69) is 25.3 Å². The molecular weight excluding hydrogens is 492 g/mol. The lowest BCUT2D eigenvalue weighted by Crippen LogP contribution is -2.38. The van der Waals surface area contributed by atoms with E-state index in [1.807, 2.05) is 52.2 Å². The average Bonchev–Trinajstić information content (AvgIpc) is 3.65. The number of halogens is 1. The number of fused-ring (bicyclic) bond motifs is 1. The van der Waals surface area contributed by atoms with Crippen LogP contribution >= 0.6 is 11.6 Å². The van der Waals surface area contributed by atoms with Crippen molar-refractivity contribution in [2.24, 2.45) is 7.05 Å². The van der Waals surface area contributed by atoms with E-state index in [4.69, 9.17) is 16.0 Å². The molecule has 0 saturated carbocycles. The molecule has 0 unspecified atom stereocenters. The van der Waals surface area contributed by atoms with E-state index in [9.17, 15) is 4.79 Å². The van der Waals surface area contributed by atoms with Gasteiger partial charge in [-0.1, -0.05) is 34.9 Å². The Hall–Kier alpha value is -4.18. The van der Waals surface area contributed by atoms with Crippen LogP contribution < -0.4 is 4.90 Å². The maximum Gasteiger partial charge on any atom is 0.323 e. The van der Waals surface area contributed by atoms with Gasteiger partial charge in [-0.25, -0.2) is 4.98 Å². The van der Waals surface area contributed by atoms with Gasteiger partial charge in [0.15, 0.2) is 0 Å². The van der Waals surface area contributed by atoms with Crippen LogP contribution in [0.5, 0.6) is 0 Å². The van der Waals surface area contributed by atoms with Crippen LogP contribution in [0, 0.1) is 0 Å². The van der Waals surface area contributed by atoms with Gasteiger partial charge in [-0.05, 0) is 32.9 Å². The number of carbonyl (C=O) groups excluding carboxylic acids is 1. The van der Waals surface area contributed by atoms with Crippen LogP contribution in [-0.2, 0) is 11.8 Å². The molecule has 4 heterocycles. The summed E-state index contributed by atoms with van der Waals surface area (Å²) >= 11 is 6.59. The highest BCUT2D eigenvalue weighted by Gasteiger charge is 2.25. The lowest BCUT2D eigenvalue weighted by molar-refractivity contribution is -0.128. The molecule has 0 fully saturated rings. The first kappa shape index (κ1) is 25.9. The Morgan fingerprint density at radius 1 is 1.24 bits per heavy atom. The molecule has 0 atom stereocenters. The topological polar surface area (TPSA) is 109 Å². The van der Waals surface area contributed by atoms with Crippen molar-refractivity contribution in [1.82, 2.24) is 34.8 Å². The fourth-order valence-electron chi connectivity index (χ4n) is 3.72. The highest BCUT2D eigenvalue weighted by molar-refractivity contribution is 6.32. The number of nitrogens with zero attached hydrogens (tertiary/aromatic N) is 7. The number of hydrogen-bond donors (Lipinski definition) is 1. The Morgan fingerprint density at radius 2 is 2.05 bits per heavy atom. The van der Waals surface area contributed by atoms with Crippen molar-refractivity contribution in [2.75, 3.05) is 25.0 Å². The third-order valence-electron chi connectivity index (χ3n) is 5.88. The molecule has 4 aromatic rings. The van der Waals surface area contributed by atoms with Gasteiger partial charge >= 0.3 is 6.01 Å². The minimum Gasteiger partial charge on any atom is -0.403 e. The predicted molar refractivity (Wildman–Crippen MR) is 145 cm³/mol. The second-order valence-electron chi connectivity index (χ2n) is 8.32. The number of aromatic amines is 1. The van der Waals surface area contributed by atoms with Gasteiger partial charge in [0.05, 0.1) is 22.5 Å². The largest absolute Gasteiger partial charge is 0.403 e. The molecule has 0 aliphatic rings. The van der Waals surface area contributed by atoms with Crippen LogP contribution in [-0.4, -0.2) is 60.9 Å². The zero-order valence-electron chi connectivity index (χ0n) is 21.4.